The minimum Gasteiger partial charge on any atom is -0.493 e. The number of aromatic hydroxyl groups is 1. The van der Waals surface area contributed by atoms with Crippen molar-refractivity contribution in [2.24, 2.45) is 0 Å². The molecular formula is C10H9FN2O. The van der Waals surface area contributed by atoms with Crippen LogP contribution < -0.4 is 0 Å². The zero-order valence-corrected chi connectivity index (χ0v) is 7.58. The lowest BCUT2D eigenvalue weighted by Crippen LogP contribution is -1.86. The van der Waals surface area contributed by atoms with Crippen molar-refractivity contribution in [3.63, 3.8) is 0 Å². The molecule has 1 aromatic heterocycles. The summed E-state index contributed by atoms with van der Waals surface area (Å²) >= 11 is 0. The Kier molecular flexibility index (Phi) is 1.96. The first-order valence-electron chi connectivity index (χ1n) is 4.17. The summed E-state index contributed by atoms with van der Waals surface area (Å²) in [5, 5.41) is 9.07. The maximum Gasteiger partial charge on any atom is 0.208 e. The number of imidazole rings is 1. The van der Waals surface area contributed by atoms with Gasteiger partial charge in [0.2, 0.25) is 5.88 Å². The fourth-order valence-corrected chi connectivity index (χ4v) is 1.34. The highest BCUT2D eigenvalue weighted by Crippen LogP contribution is 2.22. The van der Waals surface area contributed by atoms with Gasteiger partial charge in [-0.15, -0.1) is 0 Å². The standard InChI is InChI=1S/C10H9FN2O/c1-6-4-7(11)2-3-8(6)10-12-5-9(14)13-10/h2-5,14H,1H3,(H,12,13). The number of benzene rings is 1. The minimum absolute atomic E-state index is 0.00345. The number of rotatable bonds is 1. The second-order valence-electron chi connectivity index (χ2n) is 3.08. The van der Waals surface area contributed by atoms with Crippen molar-refractivity contribution in [2.45, 2.75) is 6.92 Å². The normalized spacial score (nSPS) is 10.4. The molecule has 0 unspecified atom stereocenters. The van der Waals surface area contributed by atoms with Gasteiger partial charge in [-0.1, -0.05) is 0 Å². The minimum atomic E-state index is -0.276. The highest BCUT2D eigenvalue weighted by molar-refractivity contribution is 5.60. The van der Waals surface area contributed by atoms with E-state index in [1.807, 2.05) is 0 Å². The Morgan fingerprint density at radius 3 is 2.79 bits per heavy atom. The van der Waals surface area contributed by atoms with E-state index in [2.05, 4.69) is 9.97 Å². The average molecular weight is 192 g/mol. The number of aromatic amines is 1. The zero-order chi connectivity index (χ0) is 10.1. The van der Waals surface area contributed by atoms with Crippen molar-refractivity contribution in [2.75, 3.05) is 0 Å². The smallest absolute Gasteiger partial charge is 0.208 e. The van der Waals surface area contributed by atoms with Crippen LogP contribution in [0.1, 0.15) is 5.56 Å². The third-order valence-electron chi connectivity index (χ3n) is 2.01. The first-order chi connectivity index (χ1) is 6.66. The van der Waals surface area contributed by atoms with E-state index in [4.69, 9.17) is 5.11 Å². The maximum absolute atomic E-state index is 12.8. The van der Waals surface area contributed by atoms with Crippen LogP contribution in [0.3, 0.4) is 0 Å². The monoisotopic (exact) mass is 192 g/mol. The summed E-state index contributed by atoms with van der Waals surface area (Å²) in [5.74, 6) is 0.269. The molecule has 0 fully saturated rings. The highest BCUT2D eigenvalue weighted by Gasteiger charge is 2.06. The molecule has 1 heterocycles. The van der Waals surface area contributed by atoms with Gasteiger partial charge in [-0.3, -0.25) is 0 Å². The fourth-order valence-electron chi connectivity index (χ4n) is 1.34. The van der Waals surface area contributed by atoms with Gasteiger partial charge in [-0.05, 0) is 30.7 Å². The van der Waals surface area contributed by atoms with Gasteiger partial charge in [0.15, 0.2) is 0 Å². The van der Waals surface area contributed by atoms with Crippen LogP contribution in [-0.2, 0) is 0 Å². The predicted molar refractivity (Wildman–Crippen MR) is 50.4 cm³/mol. The molecule has 0 bridgehead atoms. The maximum atomic E-state index is 12.8. The van der Waals surface area contributed by atoms with E-state index in [-0.39, 0.29) is 11.7 Å². The largest absolute Gasteiger partial charge is 0.493 e. The summed E-state index contributed by atoms with van der Waals surface area (Å²) in [6.07, 6.45) is 1.32. The van der Waals surface area contributed by atoms with Crippen molar-refractivity contribution in [3.05, 3.63) is 35.8 Å². The molecule has 0 aliphatic rings. The summed E-state index contributed by atoms with van der Waals surface area (Å²) in [4.78, 5) is 6.62. The Balaban J connectivity index is 2.52. The molecule has 0 saturated heterocycles. The van der Waals surface area contributed by atoms with Gasteiger partial charge in [-0.25, -0.2) is 9.37 Å². The molecule has 2 N–H and O–H groups in total. The average Bonchev–Trinajstić information content (AvgIpc) is 2.51. The summed E-state index contributed by atoms with van der Waals surface area (Å²) < 4.78 is 12.8. The topological polar surface area (TPSA) is 48.9 Å². The van der Waals surface area contributed by atoms with E-state index in [9.17, 15) is 4.39 Å². The van der Waals surface area contributed by atoms with Crippen molar-refractivity contribution >= 4 is 0 Å². The lowest BCUT2D eigenvalue weighted by Gasteiger charge is -2.01. The molecule has 0 spiro atoms. The Bertz CT molecular complexity index is 465. The van der Waals surface area contributed by atoms with Crippen LogP contribution in [-0.4, -0.2) is 15.1 Å². The van der Waals surface area contributed by atoms with Gasteiger partial charge < -0.3 is 10.1 Å². The van der Waals surface area contributed by atoms with Gasteiger partial charge >= 0.3 is 0 Å². The van der Waals surface area contributed by atoms with E-state index in [1.54, 1.807) is 13.0 Å². The van der Waals surface area contributed by atoms with E-state index in [0.717, 1.165) is 11.1 Å². The molecule has 4 heteroatoms. The number of hydrogen-bond acceptors (Lipinski definition) is 2. The molecule has 72 valence electrons. The van der Waals surface area contributed by atoms with E-state index in [0.29, 0.717) is 5.82 Å². The van der Waals surface area contributed by atoms with Crippen LogP contribution in [0, 0.1) is 12.7 Å². The Morgan fingerprint density at radius 2 is 2.21 bits per heavy atom. The summed E-state index contributed by atoms with van der Waals surface area (Å²) in [7, 11) is 0. The number of aryl methyl sites for hydroxylation is 1. The number of aromatic nitrogens is 2. The molecule has 0 amide bonds. The van der Waals surface area contributed by atoms with Crippen molar-refractivity contribution < 1.29 is 9.50 Å². The van der Waals surface area contributed by atoms with Crippen LogP contribution in [0.5, 0.6) is 5.88 Å². The second-order valence-corrected chi connectivity index (χ2v) is 3.08. The SMILES string of the molecule is Cc1cc(F)ccc1-c1ncc(O)[nH]1. The van der Waals surface area contributed by atoms with Gasteiger partial charge in [-0.2, -0.15) is 0 Å². The number of H-pyrrole nitrogens is 1. The lowest BCUT2D eigenvalue weighted by molar-refractivity contribution is 0.457. The highest BCUT2D eigenvalue weighted by atomic mass is 19.1. The first kappa shape index (κ1) is 8.74. The molecule has 0 aliphatic heterocycles. The van der Waals surface area contributed by atoms with E-state index in [1.165, 1.54) is 18.3 Å². The van der Waals surface area contributed by atoms with E-state index >= 15 is 0 Å². The fraction of sp³-hybridized carbons (Fsp3) is 0.100. The molecule has 3 nitrogen and oxygen atoms in total. The second kappa shape index (κ2) is 3.14. The predicted octanol–water partition coefficient (Wildman–Crippen LogP) is 2.23. The Hall–Kier alpha value is -1.84. The van der Waals surface area contributed by atoms with Gasteiger partial charge in [0.1, 0.15) is 11.6 Å². The van der Waals surface area contributed by atoms with Crippen LogP contribution >= 0.6 is 0 Å². The number of nitrogens with zero attached hydrogens (tertiary/aromatic N) is 1. The van der Waals surface area contributed by atoms with Crippen LogP contribution in [0.25, 0.3) is 11.4 Å². The summed E-state index contributed by atoms with van der Waals surface area (Å²) in [6, 6.07) is 4.42. The Morgan fingerprint density at radius 1 is 1.43 bits per heavy atom. The molecule has 0 aliphatic carbocycles. The number of nitrogens with one attached hydrogen (secondary N) is 1. The molecule has 0 atom stereocenters. The van der Waals surface area contributed by atoms with Gasteiger partial charge in [0, 0.05) is 5.56 Å². The lowest BCUT2D eigenvalue weighted by atomic mass is 10.1. The molecular weight excluding hydrogens is 183 g/mol. The van der Waals surface area contributed by atoms with Crippen molar-refractivity contribution in [1.82, 2.24) is 9.97 Å². The molecule has 1 aromatic carbocycles. The first-order valence-corrected chi connectivity index (χ1v) is 4.17. The van der Waals surface area contributed by atoms with Gasteiger partial charge in [0.25, 0.3) is 0 Å². The van der Waals surface area contributed by atoms with Crippen LogP contribution in [0.2, 0.25) is 0 Å². The third kappa shape index (κ3) is 1.46. The molecule has 14 heavy (non-hydrogen) atoms. The van der Waals surface area contributed by atoms with Crippen molar-refractivity contribution in [3.8, 4) is 17.3 Å². The molecule has 0 radical (unpaired) electrons. The number of hydrogen-bond donors (Lipinski definition) is 2. The summed E-state index contributed by atoms with van der Waals surface area (Å²) in [5.41, 5.74) is 1.56. The zero-order valence-electron chi connectivity index (χ0n) is 7.58. The molecule has 2 aromatic rings. The third-order valence-corrected chi connectivity index (χ3v) is 2.01. The Labute approximate surface area is 80.2 Å². The quantitative estimate of drug-likeness (QED) is 0.727. The molecule has 0 saturated carbocycles. The van der Waals surface area contributed by atoms with Crippen LogP contribution in [0.15, 0.2) is 24.4 Å². The van der Waals surface area contributed by atoms with Crippen molar-refractivity contribution in [1.29, 1.82) is 0 Å². The van der Waals surface area contributed by atoms with Gasteiger partial charge in [0.05, 0.1) is 6.20 Å². The summed E-state index contributed by atoms with van der Waals surface area (Å²) in [6.45, 7) is 1.79. The number of halogens is 1. The van der Waals surface area contributed by atoms with Crippen LogP contribution in [0.4, 0.5) is 4.39 Å². The molecule has 2 rings (SSSR count). The van der Waals surface area contributed by atoms with E-state index < -0.39 is 0 Å².